The average molecular weight is 269 g/mol. The molecule has 0 aromatic heterocycles. The third-order valence-electron chi connectivity index (χ3n) is 2.10. The van der Waals surface area contributed by atoms with Gasteiger partial charge in [0.05, 0.1) is 11.4 Å². The van der Waals surface area contributed by atoms with Crippen molar-refractivity contribution in [3.05, 3.63) is 30.4 Å². The smallest absolute Gasteiger partial charge is 0.207 e. The van der Waals surface area contributed by atoms with E-state index >= 15 is 0 Å². The zero-order chi connectivity index (χ0) is 12.5. The first-order valence-electron chi connectivity index (χ1n) is 4.86. The number of sulfonamides is 1. The lowest BCUT2D eigenvalue weighted by atomic mass is 10.3. The summed E-state index contributed by atoms with van der Waals surface area (Å²) in [6.45, 7) is 5.63. The highest BCUT2D eigenvalue weighted by atomic mass is 32.2. The van der Waals surface area contributed by atoms with Crippen molar-refractivity contribution in [2.24, 2.45) is 8.73 Å². The molecule has 0 spiro atoms. The molecule has 1 aromatic rings. The lowest BCUT2D eigenvalue weighted by Gasteiger charge is -2.08. The first-order chi connectivity index (χ1) is 8.00. The molecule has 1 N–H and O–H groups in total. The normalized spacial score (nSPS) is 13.2. The van der Waals surface area contributed by atoms with Crippen molar-refractivity contribution in [2.75, 3.05) is 6.54 Å². The molecule has 5 nitrogen and oxygen atoms in total. The van der Waals surface area contributed by atoms with Crippen LogP contribution in [0.3, 0.4) is 0 Å². The van der Waals surface area contributed by atoms with Gasteiger partial charge in [0.2, 0.25) is 10.0 Å². The quantitative estimate of drug-likeness (QED) is 0.865. The van der Waals surface area contributed by atoms with Crippen molar-refractivity contribution >= 4 is 32.8 Å². The Bertz CT molecular complexity index is 644. The summed E-state index contributed by atoms with van der Waals surface area (Å²) in [4.78, 5) is 0.157. The molecule has 1 aromatic carbocycles. The Labute approximate surface area is 104 Å². The Morgan fingerprint density at radius 3 is 2.94 bits per heavy atom. The first kappa shape index (κ1) is 12.2. The van der Waals surface area contributed by atoms with Gasteiger partial charge in [0.25, 0.3) is 0 Å². The van der Waals surface area contributed by atoms with Gasteiger partial charge in [-0.15, -0.1) is 0 Å². The number of nitrogens with zero attached hydrogens (tertiary/aromatic N) is 2. The molecule has 0 atom stereocenters. The highest BCUT2D eigenvalue weighted by Crippen LogP contribution is 2.37. The van der Waals surface area contributed by atoms with Crippen molar-refractivity contribution in [2.45, 2.75) is 11.8 Å². The van der Waals surface area contributed by atoms with Crippen LogP contribution in [0.4, 0.5) is 11.4 Å². The lowest BCUT2D eigenvalue weighted by Crippen LogP contribution is -2.25. The standard InChI is InChI=1S/C10H11N3O2S2/c1-7(2)6-11-17(14,15)9-5-3-4-8-10(9)13-16-12-8/h3-5,11H,1,6H2,2H3. The molecule has 2 rings (SSSR count). The number of hydrogen-bond donors (Lipinski definition) is 1. The van der Waals surface area contributed by atoms with Crippen LogP contribution in [-0.4, -0.2) is 15.0 Å². The van der Waals surface area contributed by atoms with Gasteiger partial charge in [0.1, 0.15) is 16.3 Å². The molecular formula is C10H11N3O2S2. The van der Waals surface area contributed by atoms with Crippen molar-refractivity contribution < 1.29 is 8.42 Å². The van der Waals surface area contributed by atoms with Crippen LogP contribution < -0.4 is 4.72 Å². The van der Waals surface area contributed by atoms with E-state index in [1.165, 1.54) is 6.07 Å². The molecule has 0 saturated carbocycles. The van der Waals surface area contributed by atoms with Crippen LogP contribution in [0.5, 0.6) is 0 Å². The van der Waals surface area contributed by atoms with Crippen LogP contribution in [0.2, 0.25) is 0 Å². The Balaban J connectivity index is 2.38. The minimum atomic E-state index is -3.56. The van der Waals surface area contributed by atoms with Gasteiger partial charge < -0.3 is 0 Å². The Morgan fingerprint density at radius 2 is 2.24 bits per heavy atom. The highest BCUT2D eigenvalue weighted by molar-refractivity contribution is 7.89. The average Bonchev–Trinajstić information content (AvgIpc) is 2.74. The summed E-state index contributed by atoms with van der Waals surface area (Å²) in [6.07, 6.45) is 0. The largest absolute Gasteiger partial charge is 0.243 e. The Hall–Kier alpha value is -1.31. The van der Waals surface area contributed by atoms with E-state index in [0.717, 1.165) is 16.9 Å². The summed E-state index contributed by atoms with van der Waals surface area (Å²) < 4.78 is 34.5. The minimum absolute atomic E-state index is 0.157. The van der Waals surface area contributed by atoms with Crippen molar-refractivity contribution in [1.29, 1.82) is 0 Å². The monoisotopic (exact) mass is 269 g/mol. The molecule has 7 heteroatoms. The van der Waals surface area contributed by atoms with Gasteiger partial charge in [-0.2, -0.15) is 8.73 Å². The van der Waals surface area contributed by atoms with E-state index in [2.05, 4.69) is 20.0 Å². The number of fused-ring (bicyclic) bond motifs is 1. The van der Waals surface area contributed by atoms with Crippen LogP contribution in [0, 0.1) is 0 Å². The van der Waals surface area contributed by atoms with Crippen LogP contribution >= 0.6 is 0 Å². The summed E-state index contributed by atoms with van der Waals surface area (Å²) in [5, 5.41) is 0. The van der Waals surface area contributed by atoms with Gasteiger partial charge in [-0.05, 0) is 19.1 Å². The summed E-state index contributed by atoms with van der Waals surface area (Å²) in [6, 6.07) is 4.90. The van der Waals surface area contributed by atoms with E-state index in [9.17, 15) is 8.42 Å². The molecule has 1 aliphatic heterocycles. The molecule has 1 aliphatic rings. The molecule has 0 radical (unpaired) electrons. The second-order valence-corrected chi connectivity index (χ2v) is 5.93. The van der Waals surface area contributed by atoms with Crippen molar-refractivity contribution in [3.8, 4) is 0 Å². The predicted octanol–water partition coefficient (Wildman–Crippen LogP) is 2.27. The third-order valence-corrected chi connectivity index (χ3v) is 4.08. The summed E-state index contributed by atoms with van der Waals surface area (Å²) in [7, 11) is -3.56. The van der Waals surface area contributed by atoms with Gasteiger partial charge in [-0.1, -0.05) is 18.2 Å². The number of hydrogen-bond acceptors (Lipinski definition) is 4. The number of nitrogens with one attached hydrogen (secondary N) is 1. The van der Waals surface area contributed by atoms with E-state index in [4.69, 9.17) is 0 Å². The lowest BCUT2D eigenvalue weighted by molar-refractivity contribution is 0.585. The summed E-state index contributed by atoms with van der Waals surface area (Å²) >= 11 is 0.998. The van der Waals surface area contributed by atoms with Gasteiger partial charge in [0, 0.05) is 6.54 Å². The van der Waals surface area contributed by atoms with Crippen LogP contribution in [-0.2, 0) is 21.4 Å². The zero-order valence-electron chi connectivity index (χ0n) is 9.17. The van der Waals surface area contributed by atoms with Gasteiger partial charge >= 0.3 is 0 Å². The fourth-order valence-corrected chi connectivity index (χ4v) is 3.16. The molecule has 0 saturated heterocycles. The van der Waals surface area contributed by atoms with E-state index < -0.39 is 10.0 Å². The molecule has 0 fully saturated rings. The van der Waals surface area contributed by atoms with E-state index in [1.807, 2.05) is 0 Å². The van der Waals surface area contributed by atoms with Crippen LogP contribution in [0.15, 0.2) is 44.0 Å². The number of benzene rings is 1. The predicted molar refractivity (Wildman–Crippen MR) is 68.0 cm³/mol. The zero-order valence-corrected chi connectivity index (χ0v) is 10.8. The maximum atomic E-state index is 12.0. The van der Waals surface area contributed by atoms with Crippen LogP contribution in [0.25, 0.3) is 0 Å². The molecule has 0 bridgehead atoms. The molecular weight excluding hydrogens is 258 g/mol. The van der Waals surface area contributed by atoms with Crippen molar-refractivity contribution in [3.63, 3.8) is 0 Å². The molecule has 17 heavy (non-hydrogen) atoms. The Morgan fingerprint density at radius 1 is 1.47 bits per heavy atom. The van der Waals surface area contributed by atoms with Gasteiger partial charge in [-0.3, -0.25) is 0 Å². The third kappa shape index (κ3) is 2.51. The Kier molecular flexibility index (Phi) is 3.23. The minimum Gasteiger partial charge on any atom is -0.207 e. The second-order valence-electron chi connectivity index (χ2n) is 3.67. The van der Waals surface area contributed by atoms with E-state index in [1.54, 1.807) is 19.1 Å². The van der Waals surface area contributed by atoms with Crippen molar-refractivity contribution in [1.82, 2.24) is 4.72 Å². The first-order valence-corrected chi connectivity index (χ1v) is 7.07. The molecule has 0 unspecified atom stereocenters. The second kappa shape index (κ2) is 4.52. The van der Waals surface area contributed by atoms with Gasteiger partial charge in [0.15, 0.2) is 0 Å². The van der Waals surface area contributed by atoms with Crippen LogP contribution in [0.1, 0.15) is 6.92 Å². The van der Waals surface area contributed by atoms with E-state index in [0.29, 0.717) is 11.4 Å². The maximum absolute atomic E-state index is 12.0. The SMILES string of the molecule is C=C(C)CNS(=O)(=O)c1cccc2c1N=S=N2. The number of rotatable bonds is 4. The fraction of sp³-hybridized carbons (Fsp3) is 0.200. The summed E-state index contributed by atoms with van der Waals surface area (Å²) in [5.74, 6) is 0. The highest BCUT2D eigenvalue weighted by Gasteiger charge is 2.21. The maximum Gasteiger partial charge on any atom is 0.243 e. The summed E-state index contributed by atoms with van der Waals surface area (Å²) in [5.41, 5.74) is 1.75. The van der Waals surface area contributed by atoms with Gasteiger partial charge in [-0.25, -0.2) is 13.1 Å². The molecule has 0 aliphatic carbocycles. The fourth-order valence-electron chi connectivity index (χ4n) is 1.29. The topological polar surface area (TPSA) is 70.9 Å². The van der Waals surface area contributed by atoms with E-state index in [-0.39, 0.29) is 11.4 Å². The molecule has 0 amide bonds. The molecule has 1 heterocycles. The molecule has 90 valence electrons.